The summed E-state index contributed by atoms with van der Waals surface area (Å²) in [6.07, 6.45) is 5.04. The van der Waals surface area contributed by atoms with Crippen molar-refractivity contribution in [3.8, 4) is 11.5 Å². The number of hydrogen-bond acceptors (Lipinski definition) is 5. The molecule has 2 aromatic rings. The SMILES string of the molecule is C=CCCCCOc1ccc(N=Nc2ccc(OC(C)=O)cc2)cc1. The van der Waals surface area contributed by atoms with Crippen LogP contribution in [-0.2, 0) is 4.79 Å². The number of azo groups is 1. The van der Waals surface area contributed by atoms with Gasteiger partial charge in [0, 0.05) is 6.92 Å². The maximum Gasteiger partial charge on any atom is 0.308 e. The lowest BCUT2D eigenvalue weighted by atomic mass is 10.2. The van der Waals surface area contributed by atoms with Crippen LogP contribution in [0, 0.1) is 0 Å². The Morgan fingerprint density at radius 2 is 1.52 bits per heavy atom. The highest BCUT2D eigenvalue weighted by Crippen LogP contribution is 2.23. The molecule has 0 saturated heterocycles. The summed E-state index contributed by atoms with van der Waals surface area (Å²) in [5, 5.41) is 8.34. The molecular weight excluding hydrogens is 316 g/mol. The summed E-state index contributed by atoms with van der Waals surface area (Å²) in [6.45, 7) is 5.76. The molecule has 2 aromatic carbocycles. The number of hydrogen-bond donors (Lipinski definition) is 0. The second-order valence-corrected chi connectivity index (χ2v) is 5.41. The summed E-state index contributed by atoms with van der Waals surface area (Å²) in [5.74, 6) is 0.960. The van der Waals surface area contributed by atoms with Crippen molar-refractivity contribution >= 4 is 17.3 Å². The van der Waals surface area contributed by atoms with E-state index in [2.05, 4.69) is 16.8 Å². The minimum Gasteiger partial charge on any atom is -0.494 e. The second-order valence-electron chi connectivity index (χ2n) is 5.41. The van der Waals surface area contributed by atoms with Crippen LogP contribution in [0.3, 0.4) is 0 Å². The van der Waals surface area contributed by atoms with E-state index in [9.17, 15) is 4.79 Å². The molecule has 5 nitrogen and oxygen atoms in total. The van der Waals surface area contributed by atoms with E-state index < -0.39 is 0 Å². The first-order valence-corrected chi connectivity index (χ1v) is 8.21. The summed E-state index contributed by atoms with van der Waals surface area (Å²) < 4.78 is 10.6. The molecule has 25 heavy (non-hydrogen) atoms. The van der Waals surface area contributed by atoms with Crippen molar-refractivity contribution < 1.29 is 14.3 Å². The highest BCUT2D eigenvalue weighted by molar-refractivity contribution is 5.69. The number of allylic oxidation sites excluding steroid dienone is 1. The van der Waals surface area contributed by atoms with Gasteiger partial charge in [0.05, 0.1) is 18.0 Å². The molecular formula is C20H22N2O3. The van der Waals surface area contributed by atoms with Crippen LogP contribution in [-0.4, -0.2) is 12.6 Å². The zero-order valence-electron chi connectivity index (χ0n) is 14.4. The molecule has 0 aliphatic heterocycles. The zero-order chi connectivity index (χ0) is 17.9. The highest BCUT2D eigenvalue weighted by atomic mass is 16.5. The molecule has 0 unspecified atom stereocenters. The van der Waals surface area contributed by atoms with Crippen LogP contribution >= 0.6 is 0 Å². The van der Waals surface area contributed by atoms with E-state index >= 15 is 0 Å². The van der Waals surface area contributed by atoms with Crippen molar-refractivity contribution in [2.75, 3.05) is 6.61 Å². The molecule has 0 fully saturated rings. The number of benzene rings is 2. The molecule has 0 N–H and O–H groups in total. The minimum absolute atomic E-state index is 0.350. The van der Waals surface area contributed by atoms with Crippen LogP contribution < -0.4 is 9.47 Å². The number of carbonyl (C=O) groups excluding carboxylic acids is 1. The van der Waals surface area contributed by atoms with Gasteiger partial charge >= 0.3 is 5.97 Å². The van der Waals surface area contributed by atoms with Crippen LogP contribution in [0.5, 0.6) is 11.5 Å². The lowest BCUT2D eigenvalue weighted by Gasteiger charge is -2.05. The van der Waals surface area contributed by atoms with E-state index in [0.29, 0.717) is 18.0 Å². The molecule has 0 aliphatic carbocycles. The van der Waals surface area contributed by atoms with Crippen LogP contribution in [0.1, 0.15) is 26.2 Å². The van der Waals surface area contributed by atoms with Gasteiger partial charge in [-0.25, -0.2) is 0 Å². The Labute approximate surface area is 148 Å². The summed E-state index contributed by atoms with van der Waals surface area (Å²) in [4.78, 5) is 10.9. The molecule has 0 aromatic heterocycles. The van der Waals surface area contributed by atoms with E-state index in [-0.39, 0.29) is 5.97 Å². The van der Waals surface area contributed by atoms with Gasteiger partial charge in [-0.3, -0.25) is 4.79 Å². The molecule has 0 amide bonds. The van der Waals surface area contributed by atoms with Crippen LogP contribution in [0.2, 0.25) is 0 Å². The van der Waals surface area contributed by atoms with Crippen LogP contribution in [0.4, 0.5) is 11.4 Å². The van der Waals surface area contributed by atoms with Gasteiger partial charge in [0.1, 0.15) is 11.5 Å². The monoisotopic (exact) mass is 338 g/mol. The lowest BCUT2D eigenvalue weighted by molar-refractivity contribution is -0.131. The molecule has 0 atom stereocenters. The second kappa shape index (κ2) is 10.0. The Bertz CT molecular complexity index is 707. The first kappa shape index (κ1) is 18.4. The van der Waals surface area contributed by atoms with E-state index in [0.717, 1.165) is 30.7 Å². The smallest absolute Gasteiger partial charge is 0.308 e. The van der Waals surface area contributed by atoms with Crippen molar-refractivity contribution in [3.63, 3.8) is 0 Å². The number of carbonyl (C=O) groups is 1. The summed E-state index contributed by atoms with van der Waals surface area (Å²) in [6, 6.07) is 14.3. The van der Waals surface area contributed by atoms with Gasteiger partial charge in [-0.1, -0.05) is 6.08 Å². The predicted molar refractivity (Wildman–Crippen MR) is 97.9 cm³/mol. The third-order valence-corrected chi connectivity index (χ3v) is 3.29. The summed E-state index contributed by atoms with van der Waals surface area (Å²) in [5.41, 5.74) is 1.42. The van der Waals surface area contributed by atoms with E-state index in [4.69, 9.17) is 9.47 Å². The van der Waals surface area contributed by atoms with Gasteiger partial charge in [0.15, 0.2) is 0 Å². The first-order chi connectivity index (χ1) is 12.2. The maximum absolute atomic E-state index is 10.9. The Morgan fingerprint density at radius 1 is 0.960 bits per heavy atom. The molecule has 2 rings (SSSR count). The summed E-state index contributed by atoms with van der Waals surface area (Å²) in [7, 11) is 0. The maximum atomic E-state index is 10.9. The van der Waals surface area contributed by atoms with Crippen molar-refractivity contribution in [1.82, 2.24) is 0 Å². The average Bonchev–Trinajstić information content (AvgIpc) is 2.61. The van der Waals surface area contributed by atoms with Crippen molar-refractivity contribution in [2.24, 2.45) is 10.2 Å². The molecule has 0 spiro atoms. The molecule has 130 valence electrons. The third kappa shape index (κ3) is 6.99. The largest absolute Gasteiger partial charge is 0.494 e. The molecule has 0 radical (unpaired) electrons. The quantitative estimate of drug-likeness (QED) is 0.192. The highest BCUT2D eigenvalue weighted by Gasteiger charge is 1.98. The van der Waals surface area contributed by atoms with Gasteiger partial charge in [-0.2, -0.15) is 10.2 Å². The fraction of sp³-hybridized carbons (Fsp3) is 0.250. The van der Waals surface area contributed by atoms with E-state index in [1.807, 2.05) is 30.3 Å². The lowest BCUT2D eigenvalue weighted by Crippen LogP contribution is -2.00. The Hall–Kier alpha value is -2.95. The predicted octanol–water partition coefficient (Wildman–Crippen LogP) is 5.76. The molecule has 0 bridgehead atoms. The fourth-order valence-corrected chi connectivity index (χ4v) is 2.05. The number of nitrogens with zero attached hydrogens (tertiary/aromatic N) is 2. The molecule has 0 aliphatic rings. The number of ether oxygens (including phenoxy) is 2. The third-order valence-electron chi connectivity index (χ3n) is 3.29. The van der Waals surface area contributed by atoms with Gasteiger partial charge in [0.25, 0.3) is 0 Å². The molecule has 5 heteroatoms. The van der Waals surface area contributed by atoms with Crippen molar-refractivity contribution in [2.45, 2.75) is 26.2 Å². The number of rotatable bonds is 9. The normalized spacial score (nSPS) is 10.6. The number of esters is 1. The minimum atomic E-state index is -0.350. The van der Waals surface area contributed by atoms with E-state index in [1.165, 1.54) is 6.92 Å². The zero-order valence-corrected chi connectivity index (χ0v) is 14.4. The first-order valence-electron chi connectivity index (χ1n) is 8.21. The van der Waals surface area contributed by atoms with Gasteiger partial charge < -0.3 is 9.47 Å². The van der Waals surface area contributed by atoms with Crippen LogP contribution in [0.15, 0.2) is 71.4 Å². The van der Waals surface area contributed by atoms with Crippen LogP contribution in [0.25, 0.3) is 0 Å². The standard InChI is InChI=1S/C20H22N2O3/c1-3-4-5-6-15-24-19-11-7-17(8-12-19)21-22-18-9-13-20(14-10-18)25-16(2)23/h3,7-14H,1,4-6,15H2,2H3. The Morgan fingerprint density at radius 3 is 2.04 bits per heavy atom. The van der Waals surface area contributed by atoms with Gasteiger partial charge in [-0.05, 0) is 67.8 Å². The molecule has 0 heterocycles. The van der Waals surface area contributed by atoms with Gasteiger partial charge in [-0.15, -0.1) is 6.58 Å². The average molecular weight is 338 g/mol. The van der Waals surface area contributed by atoms with Crippen molar-refractivity contribution in [3.05, 3.63) is 61.2 Å². The fourth-order valence-electron chi connectivity index (χ4n) is 2.05. The number of unbranched alkanes of at least 4 members (excludes halogenated alkanes) is 2. The van der Waals surface area contributed by atoms with Gasteiger partial charge in [0.2, 0.25) is 0 Å². The van der Waals surface area contributed by atoms with Crippen molar-refractivity contribution in [1.29, 1.82) is 0 Å². The summed E-state index contributed by atoms with van der Waals surface area (Å²) >= 11 is 0. The topological polar surface area (TPSA) is 60.3 Å². The Balaban J connectivity index is 1.84. The Kier molecular flexibility index (Phi) is 7.38. The molecule has 0 saturated carbocycles. The van der Waals surface area contributed by atoms with E-state index in [1.54, 1.807) is 24.3 Å².